The van der Waals surface area contributed by atoms with Crippen molar-refractivity contribution in [3.63, 3.8) is 0 Å². The lowest BCUT2D eigenvalue weighted by atomic mass is 9.90. The van der Waals surface area contributed by atoms with E-state index in [0.717, 1.165) is 16.6 Å². The highest BCUT2D eigenvalue weighted by Crippen LogP contribution is 2.47. The highest BCUT2D eigenvalue weighted by molar-refractivity contribution is 5.85. The van der Waals surface area contributed by atoms with Crippen LogP contribution in [0.3, 0.4) is 0 Å². The van der Waals surface area contributed by atoms with Gasteiger partial charge in [0.05, 0.1) is 13.0 Å². The minimum Gasteiger partial charge on any atom is -0.464 e. The predicted molar refractivity (Wildman–Crippen MR) is 161 cm³/mol. The fourth-order valence-corrected chi connectivity index (χ4v) is 6.02. The normalized spacial score (nSPS) is 13.7. The molecule has 1 heterocycles. The lowest BCUT2D eigenvalue weighted by Crippen LogP contribution is -2.49. The smallest absolute Gasteiger partial charge is 0.421 e. The molecule has 1 atom stereocenters. The number of hydrogen-bond acceptors (Lipinski definition) is 5. The minimum absolute atomic E-state index is 0.0283. The van der Waals surface area contributed by atoms with E-state index in [4.69, 9.17) is 10.5 Å². The summed E-state index contributed by atoms with van der Waals surface area (Å²) in [5, 5.41) is 14.3. The van der Waals surface area contributed by atoms with E-state index in [1.165, 1.54) is 27.3 Å². The van der Waals surface area contributed by atoms with Crippen molar-refractivity contribution in [2.75, 3.05) is 12.8 Å². The van der Waals surface area contributed by atoms with Crippen LogP contribution in [-0.4, -0.2) is 50.4 Å². The fourth-order valence-electron chi connectivity index (χ4n) is 6.02. The summed E-state index contributed by atoms with van der Waals surface area (Å²) < 4.78 is 7.64. The van der Waals surface area contributed by atoms with Crippen LogP contribution in [0.25, 0.3) is 22.0 Å². The van der Waals surface area contributed by atoms with Crippen LogP contribution in [0, 0.1) is 0 Å². The second-order valence-electron chi connectivity index (χ2n) is 11.7. The number of aromatic nitrogens is 1. The van der Waals surface area contributed by atoms with E-state index in [9.17, 15) is 14.7 Å². The van der Waals surface area contributed by atoms with Gasteiger partial charge in [0.15, 0.2) is 0 Å². The lowest BCUT2D eigenvalue weighted by molar-refractivity contribution is -0.155. The first-order chi connectivity index (χ1) is 19.4. The van der Waals surface area contributed by atoms with E-state index in [2.05, 4.69) is 35.8 Å². The van der Waals surface area contributed by atoms with Gasteiger partial charge in [0.25, 0.3) is 0 Å². The molecule has 0 aliphatic heterocycles. The average molecular weight is 555 g/mol. The second kappa shape index (κ2) is 10.9. The average Bonchev–Trinajstić information content (AvgIpc) is 3.43. The van der Waals surface area contributed by atoms with E-state index in [1.54, 1.807) is 7.05 Å². The zero-order chi connectivity index (χ0) is 29.5. The van der Waals surface area contributed by atoms with Gasteiger partial charge in [0, 0.05) is 47.8 Å². The largest absolute Gasteiger partial charge is 0.464 e. The van der Waals surface area contributed by atoms with E-state index in [0.29, 0.717) is 18.8 Å². The second-order valence-corrected chi connectivity index (χ2v) is 11.7. The maximum Gasteiger partial charge on any atom is 0.421 e. The monoisotopic (exact) mass is 554 g/mol. The number of aryl methyl sites for hydroxylation is 1. The molecule has 1 aliphatic carbocycles. The van der Waals surface area contributed by atoms with Crippen LogP contribution in [-0.2, 0) is 22.6 Å². The number of fused-ring (bicyclic) bond motifs is 4. The fraction of sp³-hybridized carbons (Fsp3) is 0.333. The minimum atomic E-state index is -1.04. The summed E-state index contributed by atoms with van der Waals surface area (Å²) in [7, 11) is 1.58. The van der Waals surface area contributed by atoms with Gasteiger partial charge in [-0.25, -0.2) is 14.8 Å². The number of nitrogens with two attached hydrogens (primary N) is 1. The van der Waals surface area contributed by atoms with Gasteiger partial charge in [-0.15, -0.1) is 0 Å². The Morgan fingerprint density at radius 3 is 2.20 bits per heavy atom. The highest BCUT2D eigenvalue weighted by atomic mass is 16.6. The summed E-state index contributed by atoms with van der Waals surface area (Å²) in [6, 6.07) is 24.2. The number of ether oxygens (including phenoxy) is 1. The quantitative estimate of drug-likeness (QED) is 0.147. The Labute approximate surface area is 240 Å². The van der Waals surface area contributed by atoms with E-state index in [1.807, 2.05) is 74.3 Å². The number of hydrogen-bond donors (Lipinski definition) is 2. The van der Waals surface area contributed by atoms with Crippen LogP contribution in [0.15, 0.2) is 72.8 Å². The molecule has 0 saturated carbocycles. The van der Waals surface area contributed by atoms with Gasteiger partial charge in [-0.3, -0.25) is 4.79 Å². The molecule has 8 heteroatoms. The molecule has 4 aromatic rings. The van der Waals surface area contributed by atoms with Gasteiger partial charge < -0.3 is 20.1 Å². The number of anilines is 1. The first-order valence-corrected chi connectivity index (χ1v) is 14.0. The molecule has 1 aliphatic rings. The van der Waals surface area contributed by atoms with Gasteiger partial charge >= 0.3 is 12.1 Å². The number of nitrogen functional groups attached to an aromatic ring is 1. The Balaban J connectivity index is 1.54. The molecule has 0 fully saturated rings. The third-order valence-electron chi connectivity index (χ3n) is 7.79. The summed E-state index contributed by atoms with van der Waals surface area (Å²) >= 11 is 0. The molecule has 1 amide bonds. The Hall–Kier alpha value is -4.30. The van der Waals surface area contributed by atoms with Gasteiger partial charge in [0.1, 0.15) is 5.60 Å². The highest BCUT2D eigenvalue weighted by Gasteiger charge is 2.37. The number of hydrazine groups is 1. The van der Waals surface area contributed by atoms with Crippen LogP contribution in [0.5, 0.6) is 0 Å². The molecule has 41 heavy (non-hydrogen) atoms. The van der Waals surface area contributed by atoms with Crippen molar-refractivity contribution in [1.82, 2.24) is 14.6 Å². The Kier molecular flexibility index (Phi) is 7.53. The molecule has 0 spiro atoms. The predicted octanol–water partition coefficient (Wildman–Crippen LogP) is 6.48. The number of rotatable bonds is 8. The van der Waals surface area contributed by atoms with E-state index in [-0.39, 0.29) is 24.3 Å². The molecular weight excluding hydrogens is 516 g/mol. The maximum absolute atomic E-state index is 12.6. The van der Waals surface area contributed by atoms with Crippen LogP contribution >= 0.6 is 0 Å². The maximum atomic E-state index is 12.6. The van der Waals surface area contributed by atoms with Crippen LogP contribution in [0.4, 0.5) is 10.5 Å². The number of benzene rings is 3. The zero-order valence-electron chi connectivity index (χ0n) is 24.3. The molecule has 0 bridgehead atoms. The van der Waals surface area contributed by atoms with E-state index >= 15 is 0 Å². The van der Waals surface area contributed by atoms with Crippen LogP contribution < -0.4 is 5.73 Å². The SMILES string of the molecule is CC(C1c2ccccc2-c2ccccc21)N(Cc1cc2cc(N)ccc2n1CCC(=O)OC(C)(C)C)N(C)C(=O)O. The molecule has 8 nitrogen and oxygen atoms in total. The standard InChI is InChI=1S/C33H38N4O4/c1-21(31-27-12-8-6-10-25(27)26-11-7-9-13-28(26)31)37(35(5)32(39)40)20-24-19-22-18-23(34)14-15-29(22)36(24)17-16-30(38)41-33(2,3)4/h6-15,18-19,21,31H,16-17,20,34H2,1-5H3,(H,39,40). The van der Waals surface area contributed by atoms with Crippen LogP contribution in [0.2, 0.25) is 0 Å². The van der Waals surface area contributed by atoms with Gasteiger partial charge in [-0.1, -0.05) is 48.5 Å². The molecule has 3 aromatic carbocycles. The molecule has 3 N–H and O–H groups in total. The Morgan fingerprint density at radius 1 is 1.00 bits per heavy atom. The number of carbonyl (C=O) groups is 2. The first-order valence-electron chi connectivity index (χ1n) is 14.0. The Bertz CT molecular complexity index is 1560. The van der Waals surface area contributed by atoms with Crippen molar-refractivity contribution in [3.05, 3.63) is 89.6 Å². The topological polar surface area (TPSA) is 101 Å². The van der Waals surface area contributed by atoms with Gasteiger partial charge in [-0.2, -0.15) is 0 Å². The molecular formula is C33H38N4O4. The molecule has 5 rings (SSSR count). The summed E-state index contributed by atoms with van der Waals surface area (Å²) in [6.45, 7) is 8.34. The summed E-state index contributed by atoms with van der Waals surface area (Å²) in [5.41, 5.74) is 12.7. The summed E-state index contributed by atoms with van der Waals surface area (Å²) in [4.78, 5) is 25.0. The lowest BCUT2D eigenvalue weighted by Gasteiger charge is -2.38. The van der Waals surface area contributed by atoms with Crippen LogP contribution in [0.1, 0.15) is 56.9 Å². The van der Waals surface area contributed by atoms with Crippen molar-refractivity contribution >= 4 is 28.7 Å². The third-order valence-corrected chi connectivity index (χ3v) is 7.79. The molecule has 0 radical (unpaired) electrons. The number of esters is 1. The van der Waals surface area contributed by atoms with Crippen molar-refractivity contribution in [2.24, 2.45) is 0 Å². The first kappa shape index (κ1) is 28.2. The van der Waals surface area contributed by atoms with Gasteiger partial charge in [-0.05, 0) is 74.2 Å². The zero-order valence-corrected chi connectivity index (χ0v) is 24.3. The molecule has 1 aromatic heterocycles. The number of carboxylic acid groups (broad SMARTS) is 1. The molecule has 214 valence electrons. The van der Waals surface area contributed by atoms with E-state index < -0.39 is 11.7 Å². The van der Waals surface area contributed by atoms with Crippen molar-refractivity contribution in [1.29, 1.82) is 0 Å². The molecule has 0 saturated heterocycles. The summed E-state index contributed by atoms with van der Waals surface area (Å²) in [6.07, 6.45) is -0.858. The number of nitrogens with zero attached hydrogens (tertiary/aromatic N) is 3. The van der Waals surface area contributed by atoms with Crippen molar-refractivity contribution in [3.8, 4) is 11.1 Å². The molecule has 1 unspecified atom stereocenters. The third kappa shape index (κ3) is 5.65. The van der Waals surface area contributed by atoms with Gasteiger partial charge in [0.2, 0.25) is 0 Å². The number of amides is 1. The Morgan fingerprint density at radius 2 is 1.61 bits per heavy atom. The van der Waals surface area contributed by atoms with Crippen molar-refractivity contribution in [2.45, 2.75) is 64.8 Å². The number of carbonyl (C=O) groups excluding carboxylic acids is 1. The summed E-state index contributed by atoms with van der Waals surface area (Å²) in [5.74, 6) is -0.313. The van der Waals surface area contributed by atoms with Crippen molar-refractivity contribution < 1.29 is 19.4 Å².